The second kappa shape index (κ2) is 12.0. The van der Waals surface area contributed by atoms with Gasteiger partial charge in [-0.05, 0) is 51.8 Å². The van der Waals surface area contributed by atoms with Crippen molar-refractivity contribution in [1.29, 1.82) is 0 Å². The summed E-state index contributed by atoms with van der Waals surface area (Å²) >= 11 is 0. The maximum Gasteiger partial charge on any atom is 0.408 e. The van der Waals surface area contributed by atoms with Crippen LogP contribution in [0.2, 0.25) is 0 Å². The van der Waals surface area contributed by atoms with Crippen LogP contribution < -0.4 is 10.6 Å². The standard InChI is InChI=1S/C23H35N3O5/c1-7-9-16(3)25-21(29)20(17-10-12-18(27)13-11-17)26(14-8-2)19(28)15-24-22(30)31-23(4,5)6/h8,10-13,16,20,27H,2,7,9,14-15H2,1,3-6H3,(H,24,30)(H,25,29). The second-order valence-corrected chi connectivity index (χ2v) is 8.38. The van der Waals surface area contributed by atoms with E-state index in [-0.39, 0.29) is 30.8 Å². The number of phenolic OH excluding ortho intramolecular Hbond substituents is 1. The molecule has 0 fully saturated rings. The lowest BCUT2D eigenvalue weighted by Crippen LogP contribution is -2.49. The molecule has 0 radical (unpaired) electrons. The molecule has 0 aliphatic heterocycles. The van der Waals surface area contributed by atoms with Gasteiger partial charge in [0, 0.05) is 12.6 Å². The Morgan fingerprint density at radius 3 is 2.35 bits per heavy atom. The van der Waals surface area contributed by atoms with E-state index in [4.69, 9.17) is 4.74 Å². The van der Waals surface area contributed by atoms with Crippen molar-refractivity contribution < 1.29 is 24.2 Å². The number of hydrogen-bond acceptors (Lipinski definition) is 5. The average molecular weight is 434 g/mol. The van der Waals surface area contributed by atoms with Gasteiger partial charge in [0.2, 0.25) is 11.8 Å². The molecule has 2 unspecified atom stereocenters. The van der Waals surface area contributed by atoms with Crippen molar-refractivity contribution in [3.63, 3.8) is 0 Å². The van der Waals surface area contributed by atoms with Crippen molar-refractivity contribution in [2.24, 2.45) is 0 Å². The zero-order valence-electron chi connectivity index (χ0n) is 19.1. The number of nitrogens with one attached hydrogen (secondary N) is 2. The molecule has 8 nitrogen and oxygen atoms in total. The molecule has 3 amide bonds. The maximum absolute atomic E-state index is 13.1. The van der Waals surface area contributed by atoms with E-state index in [0.29, 0.717) is 5.56 Å². The molecule has 0 bridgehead atoms. The highest BCUT2D eigenvalue weighted by Gasteiger charge is 2.31. The molecule has 0 heterocycles. The van der Waals surface area contributed by atoms with E-state index < -0.39 is 23.6 Å². The van der Waals surface area contributed by atoms with Crippen LogP contribution in [0.1, 0.15) is 59.1 Å². The van der Waals surface area contributed by atoms with Gasteiger partial charge in [-0.2, -0.15) is 0 Å². The van der Waals surface area contributed by atoms with Gasteiger partial charge in [-0.15, -0.1) is 6.58 Å². The van der Waals surface area contributed by atoms with Crippen LogP contribution in [0.4, 0.5) is 4.79 Å². The molecule has 0 aliphatic rings. The third-order valence-corrected chi connectivity index (χ3v) is 4.31. The summed E-state index contributed by atoms with van der Waals surface area (Å²) in [6.45, 7) is 12.5. The average Bonchev–Trinajstić information content (AvgIpc) is 2.66. The number of benzene rings is 1. The van der Waals surface area contributed by atoms with Crippen LogP contribution in [-0.2, 0) is 14.3 Å². The monoisotopic (exact) mass is 433 g/mol. The molecule has 1 aromatic carbocycles. The highest BCUT2D eigenvalue weighted by atomic mass is 16.6. The fourth-order valence-electron chi connectivity index (χ4n) is 3.01. The molecule has 1 rings (SSSR count). The Morgan fingerprint density at radius 1 is 1.23 bits per heavy atom. The first-order valence-electron chi connectivity index (χ1n) is 10.4. The second-order valence-electron chi connectivity index (χ2n) is 8.38. The van der Waals surface area contributed by atoms with Crippen LogP contribution in [0.3, 0.4) is 0 Å². The van der Waals surface area contributed by atoms with E-state index in [0.717, 1.165) is 12.8 Å². The highest BCUT2D eigenvalue weighted by molar-refractivity contribution is 5.90. The summed E-state index contributed by atoms with van der Waals surface area (Å²) < 4.78 is 5.17. The van der Waals surface area contributed by atoms with Crippen LogP contribution in [-0.4, -0.2) is 52.6 Å². The van der Waals surface area contributed by atoms with Crippen molar-refractivity contribution in [1.82, 2.24) is 15.5 Å². The lowest BCUT2D eigenvalue weighted by atomic mass is 10.0. The number of alkyl carbamates (subject to hydrolysis) is 1. The van der Waals surface area contributed by atoms with Gasteiger partial charge < -0.3 is 25.4 Å². The Balaban J connectivity index is 3.12. The minimum absolute atomic E-state index is 0.0513. The molecule has 0 aliphatic carbocycles. The predicted molar refractivity (Wildman–Crippen MR) is 120 cm³/mol. The first-order valence-corrected chi connectivity index (χ1v) is 10.4. The van der Waals surface area contributed by atoms with Crippen molar-refractivity contribution in [2.45, 2.75) is 65.1 Å². The SMILES string of the molecule is C=CCN(C(=O)CNC(=O)OC(C)(C)C)C(C(=O)NC(C)CCC)c1ccc(O)cc1. The third kappa shape index (κ3) is 9.11. The number of aromatic hydroxyl groups is 1. The summed E-state index contributed by atoms with van der Waals surface area (Å²) in [5.74, 6) is -0.767. The Bertz CT molecular complexity index is 755. The summed E-state index contributed by atoms with van der Waals surface area (Å²) in [7, 11) is 0. The van der Waals surface area contributed by atoms with Crippen LogP contribution in [0.25, 0.3) is 0 Å². The van der Waals surface area contributed by atoms with Gasteiger partial charge in [-0.1, -0.05) is 31.6 Å². The zero-order valence-corrected chi connectivity index (χ0v) is 19.1. The van der Waals surface area contributed by atoms with Gasteiger partial charge in [0.1, 0.15) is 23.9 Å². The number of rotatable bonds is 10. The van der Waals surface area contributed by atoms with Gasteiger partial charge >= 0.3 is 6.09 Å². The van der Waals surface area contributed by atoms with E-state index in [1.54, 1.807) is 32.9 Å². The Hall–Kier alpha value is -3.03. The van der Waals surface area contributed by atoms with Crippen molar-refractivity contribution >= 4 is 17.9 Å². The Morgan fingerprint density at radius 2 is 1.84 bits per heavy atom. The van der Waals surface area contributed by atoms with E-state index >= 15 is 0 Å². The maximum atomic E-state index is 13.1. The molecule has 172 valence electrons. The van der Waals surface area contributed by atoms with Crippen LogP contribution in [0.5, 0.6) is 5.75 Å². The summed E-state index contributed by atoms with van der Waals surface area (Å²) in [5.41, 5.74) is -0.163. The molecule has 0 saturated heterocycles. The zero-order chi connectivity index (χ0) is 23.6. The summed E-state index contributed by atoms with van der Waals surface area (Å²) in [4.78, 5) is 39.4. The number of ether oxygens (including phenoxy) is 1. The molecule has 1 aromatic rings. The molecular formula is C23H35N3O5. The minimum Gasteiger partial charge on any atom is -0.508 e. The van der Waals surface area contributed by atoms with Crippen LogP contribution in [0.15, 0.2) is 36.9 Å². The van der Waals surface area contributed by atoms with Crippen molar-refractivity contribution in [3.8, 4) is 5.75 Å². The van der Waals surface area contributed by atoms with E-state index in [1.807, 2.05) is 13.8 Å². The first kappa shape index (κ1) is 26.0. The fourth-order valence-corrected chi connectivity index (χ4v) is 3.01. The Kier molecular flexibility index (Phi) is 10.0. The molecule has 31 heavy (non-hydrogen) atoms. The first-order chi connectivity index (χ1) is 14.5. The number of carbonyl (C=O) groups is 3. The summed E-state index contributed by atoms with van der Waals surface area (Å²) in [6.07, 6.45) is 2.49. The van der Waals surface area contributed by atoms with Gasteiger partial charge in [0.15, 0.2) is 0 Å². The van der Waals surface area contributed by atoms with Crippen molar-refractivity contribution in [2.75, 3.05) is 13.1 Å². The van der Waals surface area contributed by atoms with E-state index in [1.165, 1.54) is 23.1 Å². The molecule has 2 atom stereocenters. The number of nitrogens with zero attached hydrogens (tertiary/aromatic N) is 1. The number of carbonyl (C=O) groups excluding carboxylic acids is 3. The van der Waals surface area contributed by atoms with Gasteiger partial charge in [-0.25, -0.2) is 4.79 Å². The molecular weight excluding hydrogens is 398 g/mol. The number of hydrogen-bond donors (Lipinski definition) is 3. The normalized spacial score (nSPS) is 12.9. The fraction of sp³-hybridized carbons (Fsp3) is 0.522. The third-order valence-electron chi connectivity index (χ3n) is 4.31. The minimum atomic E-state index is -0.953. The van der Waals surface area contributed by atoms with Gasteiger partial charge in [-0.3, -0.25) is 9.59 Å². The van der Waals surface area contributed by atoms with Crippen molar-refractivity contribution in [3.05, 3.63) is 42.5 Å². The molecule has 0 saturated carbocycles. The summed E-state index contributed by atoms with van der Waals surface area (Å²) in [5, 5.41) is 15.0. The predicted octanol–water partition coefficient (Wildman–Crippen LogP) is 3.28. The van der Waals surface area contributed by atoms with E-state index in [2.05, 4.69) is 17.2 Å². The molecule has 8 heteroatoms. The Labute approximate surface area is 184 Å². The number of amides is 3. The largest absolute Gasteiger partial charge is 0.508 e. The van der Waals surface area contributed by atoms with Gasteiger partial charge in [0.25, 0.3) is 0 Å². The smallest absolute Gasteiger partial charge is 0.408 e. The van der Waals surface area contributed by atoms with Crippen LogP contribution >= 0.6 is 0 Å². The molecule has 0 spiro atoms. The van der Waals surface area contributed by atoms with Crippen LogP contribution in [0, 0.1) is 0 Å². The molecule has 0 aromatic heterocycles. The van der Waals surface area contributed by atoms with Gasteiger partial charge in [0.05, 0.1) is 0 Å². The summed E-state index contributed by atoms with van der Waals surface area (Å²) in [6, 6.07) is 5.08. The highest BCUT2D eigenvalue weighted by Crippen LogP contribution is 2.24. The topological polar surface area (TPSA) is 108 Å². The number of phenols is 1. The lowest BCUT2D eigenvalue weighted by molar-refractivity contribution is -0.139. The lowest BCUT2D eigenvalue weighted by Gasteiger charge is -2.31. The molecule has 3 N–H and O–H groups in total. The quantitative estimate of drug-likeness (QED) is 0.491. The van der Waals surface area contributed by atoms with E-state index in [9.17, 15) is 19.5 Å².